The van der Waals surface area contributed by atoms with Crippen LogP contribution in [0.1, 0.15) is 34.0 Å². The number of nitrogens with one attached hydrogen (secondary N) is 1. The molecular weight excluding hydrogens is 440 g/mol. The zero-order valence-corrected chi connectivity index (χ0v) is 18.5. The Kier molecular flexibility index (Phi) is 6.30. The molecule has 1 fully saturated rings. The van der Waals surface area contributed by atoms with Gasteiger partial charge in [-0.3, -0.25) is 4.79 Å². The molecule has 2 aliphatic heterocycles. The van der Waals surface area contributed by atoms with Gasteiger partial charge in [-0.2, -0.15) is 0 Å². The van der Waals surface area contributed by atoms with Crippen LogP contribution in [0.3, 0.4) is 0 Å². The number of carbonyl (C=O) groups excluding carboxylic acids is 1. The highest BCUT2D eigenvalue weighted by Crippen LogP contribution is 2.29. The van der Waals surface area contributed by atoms with Gasteiger partial charge in [0, 0.05) is 29.9 Å². The van der Waals surface area contributed by atoms with E-state index >= 15 is 0 Å². The molecule has 0 aliphatic carbocycles. The molecule has 2 aliphatic rings. The molecule has 0 saturated carbocycles. The fraction of sp³-hybridized carbons (Fsp3) is 0.409. The Labute approximate surface area is 189 Å². The first-order valence-corrected chi connectivity index (χ1v) is 10.7. The average molecular weight is 464 g/mol. The van der Waals surface area contributed by atoms with Crippen molar-refractivity contribution in [2.45, 2.75) is 32.5 Å². The number of aromatic nitrogens is 2. The highest BCUT2D eigenvalue weighted by molar-refractivity contribution is 6.31. The van der Waals surface area contributed by atoms with Gasteiger partial charge in [0.05, 0.1) is 35.1 Å². The number of halogens is 3. The second-order valence-corrected chi connectivity index (χ2v) is 8.46. The van der Waals surface area contributed by atoms with E-state index in [4.69, 9.17) is 22.1 Å². The minimum Gasteiger partial charge on any atom is -0.491 e. The van der Waals surface area contributed by atoms with Crippen molar-refractivity contribution in [3.05, 3.63) is 57.5 Å². The first-order valence-electron chi connectivity index (χ1n) is 10.3. The van der Waals surface area contributed by atoms with Gasteiger partial charge in [0.2, 0.25) is 0 Å². The van der Waals surface area contributed by atoms with Gasteiger partial charge in [-0.25, -0.2) is 18.7 Å². The maximum atomic E-state index is 13.9. The first kappa shape index (κ1) is 22.4. The minimum atomic E-state index is -0.934. The number of nitrogens with zero attached hydrogens (tertiary/aromatic N) is 3. The zero-order chi connectivity index (χ0) is 23.0. The Balaban J connectivity index is 1.52. The molecular formula is C22H24ClF2N5O2. The molecule has 1 aromatic heterocycles. The topological polar surface area (TPSA) is 93.4 Å². The van der Waals surface area contributed by atoms with Crippen LogP contribution in [0, 0.1) is 19.7 Å². The fourth-order valence-corrected chi connectivity index (χ4v) is 3.98. The van der Waals surface area contributed by atoms with E-state index in [1.165, 1.54) is 17.0 Å². The van der Waals surface area contributed by atoms with Crippen molar-refractivity contribution in [3.8, 4) is 5.75 Å². The number of hydrogen-bond acceptors (Lipinski definition) is 6. The van der Waals surface area contributed by atoms with Gasteiger partial charge in [0.15, 0.2) is 5.82 Å². The zero-order valence-electron chi connectivity index (χ0n) is 17.8. The van der Waals surface area contributed by atoms with E-state index < -0.39 is 12.0 Å². The maximum Gasteiger partial charge on any atom is 0.258 e. The van der Waals surface area contributed by atoms with Crippen molar-refractivity contribution in [2.24, 2.45) is 5.73 Å². The largest absolute Gasteiger partial charge is 0.491 e. The van der Waals surface area contributed by atoms with E-state index in [0.29, 0.717) is 39.9 Å². The maximum absolute atomic E-state index is 13.9. The summed E-state index contributed by atoms with van der Waals surface area (Å²) in [7, 11) is 0. The lowest BCUT2D eigenvalue weighted by Gasteiger charge is -2.20. The molecule has 7 nitrogen and oxygen atoms in total. The molecule has 3 heterocycles. The van der Waals surface area contributed by atoms with Crippen LogP contribution in [-0.4, -0.2) is 59.2 Å². The van der Waals surface area contributed by atoms with Gasteiger partial charge in [0.25, 0.3) is 5.91 Å². The predicted octanol–water partition coefficient (Wildman–Crippen LogP) is 2.79. The van der Waals surface area contributed by atoms with Crippen LogP contribution in [0.4, 0.5) is 8.78 Å². The molecule has 2 atom stereocenters. The highest BCUT2D eigenvalue weighted by Gasteiger charge is 2.30. The van der Waals surface area contributed by atoms with Crippen LogP contribution in [0.5, 0.6) is 5.75 Å². The summed E-state index contributed by atoms with van der Waals surface area (Å²) < 4.78 is 33.0. The van der Waals surface area contributed by atoms with Crippen molar-refractivity contribution >= 4 is 23.1 Å². The number of aryl methyl sites for hydroxylation is 2. The van der Waals surface area contributed by atoms with Crippen LogP contribution >= 0.6 is 11.6 Å². The molecule has 1 saturated heterocycles. The van der Waals surface area contributed by atoms with Crippen LogP contribution in [0.25, 0.3) is 5.57 Å². The molecule has 1 aromatic carbocycles. The third-order valence-electron chi connectivity index (χ3n) is 5.62. The standard InChI is InChI=1S/C22H24ClF2N5O2/c1-11-20(23)12(2)29-21(28-11)17-8-30(9-18(17)26)22(31)16-4-3-13(24)6-19(16)32-10-15-5-14(25)7-27-15/h3-4,6,14-15,27H,5,7-10,26H2,1-2H3/t14-,15?/m0/s1. The number of hydrogen-bond donors (Lipinski definition) is 2. The average Bonchev–Trinajstić information content (AvgIpc) is 3.35. The molecule has 10 heteroatoms. The molecule has 3 N–H and O–H groups in total. The minimum absolute atomic E-state index is 0.112. The summed E-state index contributed by atoms with van der Waals surface area (Å²) in [4.78, 5) is 23.6. The Bertz CT molecular complexity index is 1070. The van der Waals surface area contributed by atoms with E-state index in [2.05, 4.69) is 15.3 Å². The number of amides is 1. The van der Waals surface area contributed by atoms with Crippen LogP contribution in [0.15, 0.2) is 23.9 Å². The highest BCUT2D eigenvalue weighted by atomic mass is 35.5. The van der Waals surface area contributed by atoms with E-state index in [-0.39, 0.29) is 49.5 Å². The summed E-state index contributed by atoms with van der Waals surface area (Å²) in [5.41, 5.74) is 8.80. The summed E-state index contributed by atoms with van der Waals surface area (Å²) in [6, 6.07) is 3.56. The smallest absolute Gasteiger partial charge is 0.258 e. The monoisotopic (exact) mass is 463 g/mol. The van der Waals surface area contributed by atoms with Gasteiger partial charge < -0.3 is 20.7 Å². The number of carbonyl (C=O) groups is 1. The summed E-state index contributed by atoms with van der Waals surface area (Å²) in [6.07, 6.45) is -0.620. The summed E-state index contributed by atoms with van der Waals surface area (Å²) in [6.45, 7) is 4.34. The van der Waals surface area contributed by atoms with E-state index in [1.807, 2.05) is 0 Å². The first-order chi connectivity index (χ1) is 15.2. The van der Waals surface area contributed by atoms with Gasteiger partial charge in [-0.05, 0) is 32.4 Å². The quantitative estimate of drug-likeness (QED) is 0.708. The fourth-order valence-electron chi connectivity index (χ4n) is 3.89. The van der Waals surface area contributed by atoms with Crippen LogP contribution in [0.2, 0.25) is 5.02 Å². The number of ether oxygens (including phenoxy) is 1. The van der Waals surface area contributed by atoms with E-state index in [0.717, 1.165) is 6.07 Å². The number of alkyl halides is 1. The third-order valence-corrected chi connectivity index (χ3v) is 6.17. The number of benzene rings is 1. The second-order valence-electron chi connectivity index (χ2n) is 8.09. The Morgan fingerprint density at radius 3 is 2.69 bits per heavy atom. The van der Waals surface area contributed by atoms with Crippen LogP contribution in [-0.2, 0) is 0 Å². The van der Waals surface area contributed by atoms with Gasteiger partial charge in [-0.15, -0.1) is 0 Å². The van der Waals surface area contributed by atoms with Crippen molar-refractivity contribution < 1.29 is 18.3 Å². The summed E-state index contributed by atoms with van der Waals surface area (Å²) in [5, 5.41) is 3.49. The lowest BCUT2D eigenvalue weighted by Crippen LogP contribution is -2.32. The Morgan fingerprint density at radius 1 is 1.31 bits per heavy atom. The van der Waals surface area contributed by atoms with E-state index in [9.17, 15) is 13.6 Å². The van der Waals surface area contributed by atoms with Crippen molar-refractivity contribution in [2.75, 3.05) is 26.2 Å². The van der Waals surface area contributed by atoms with E-state index in [1.54, 1.807) is 13.8 Å². The number of rotatable bonds is 5. The molecule has 4 rings (SSSR count). The molecule has 0 bridgehead atoms. The summed E-state index contributed by atoms with van der Waals surface area (Å²) >= 11 is 6.16. The Hall–Kier alpha value is -2.78. The number of nitrogens with two attached hydrogens (primary N) is 1. The molecule has 2 aromatic rings. The van der Waals surface area contributed by atoms with Gasteiger partial charge in [-0.1, -0.05) is 11.6 Å². The third kappa shape index (κ3) is 4.54. The normalized spacial score (nSPS) is 20.8. The lowest BCUT2D eigenvalue weighted by molar-refractivity contribution is 0.0794. The van der Waals surface area contributed by atoms with Crippen LogP contribution < -0.4 is 15.8 Å². The van der Waals surface area contributed by atoms with Gasteiger partial charge >= 0.3 is 0 Å². The van der Waals surface area contributed by atoms with Crippen molar-refractivity contribution in [1.82, 2.24) is 20.2 Å². The van der Waals surface area contributed by atoms with Crippen molar-refractivity contribution in [3.63, 3.8) is 0 Å². The molecule has 32 heavy (non-hydrogen) atoms. The molecule has 170 valence electrons. The molecule has 1 amide bonds. The van der Waals surface area contributed by atoms with Gasteiger partial charge in [0.1, 0.15) is 24.3 Å². The lowest BCUT2D eigenvalue weighted by atomic mass is 10.1. The molecule has 1 unspecified atom stereocenters. The second kappa shape index (κ2) is 8.99. The van der Waals surface area contributed by atoms with Crippen molar-refractivity contribution in [1.29, 1.82) is 0 Å². The predicted molar refractivity (Wildman–Crippen MR) is 117 cm³/mol. The Morgan fingerprint density at radius 2 is 2.03 bits per heavy atom. The SMILES string of the molecule is Cc1nc(C2=C(N)CN(C(=O)c3ccc(F)cc3OCC3C[C@H](F)CN3)C2)nc(C)c1Cl. The molecule has 0 spiro atoms. The summed E-state index contributed by atoms with van der Waals surface area (Å²) in [5.74, 6) is -0.343. The molecule has 0 radical (unpaired) electrons.